The maximum absolute atomic E-state index is 4.38. The third-order valence-corrected chi connectivity index (χ3v) is 3.99. The summed E-state index contributed by atoms with van der Waals surface area (Å²) in [6.45, 7) is 0. The van der Waals surface area contributed by atoms with E-state index in [1.54, 1.807) is 17.5 Å². The van der Waals surface area contributed by atoms with Crippen molar-refractivity contribution in [2.24, 2.45) is 0 Å². The molecule has 21 heavy (non-hydrogen) atoms. The molecule has 0 aliphatic heterocycles. The van der Waals surface area contributed by atoms with Crippen LogP contribution in [0.1, 0.15) is 0 Å². The highest BCUT2D eigenvalue weighted by Crippen LogP contribution is 2.28. The molecule has 0 fully saturated rings. The van der Waals surface area contributed by atoms with Crippen LogP contribution in [0.5, 0.6) is 0 Å². The Kier molecular flexibility index (Phi) is 2.90. The number of imidazole rings is 1. The quantitative estimate of drug-likeness (QED) is 0.567. The van der Waals surface area contributed by atoms with Crippen LogP contribution in [0.25, 0.3) is 17.0 Å². The largest absolute Gasteiger partial charge is 0.356 e. The number of H-pyrrole nitrogens is 1. The van der Waals surface area contributed by atoms with Crippen LogP contribution in [-0.2, 0) is 0 Å². The van der Waals surface area contributed by atoms with Crippen LogP contribution >= 0.6 is 11.3 Å². The van der Waals surface area contributed by atoms with Crippen LogP contribution in [0.2, 0.25) is 0 Å². The molecule has 0 bridgehead atoms. The van der Waals surface area contributed by atoms with Crippen LogP contribution < -0.4 is 9.72 Å². The van der Waals surface area contributed by atoms with E-state index in [2.05, 4.69) is 32.1 Å². The van der Waals surface area contributed by atoms with Crippen LogP contribution in [0, 0.1) is 0 Å². The summed E-state index contributed by atoms with van der Waals surface area (Å²) in [5.41, 5.74) is 3.24. The van der Waals surface area contributed by atoms with Gasteiger partial charge in [0.15, 0.2) is 5.69 Å². The highest BCUT2D eigenvalue weighted by atomic mass is 32.1. The lowest BCUT2D eigenvalue weighted by Gasteiger charge is -2.02. The number of rotatable bonds is 3. The fourth-order valence-electron chi connectivity index (χ4n) is 2.33. The van der Waals surface area contributed by atoms with E-state index in [1.807, 2.05) is 47.0 Å². The summed E-state index contributed by atoms with van der Waals surface area (Å²) >= 11 is 1.68. The predicted molar refractivity (Wildman–Crippen MR) is 84.8 cm³/mol. The molecule has 0 unspecified atom stereocenters. The summed E-state index contributed by atoms with van der Waals surface area (Å²) in [5.74, 6) is 1.81. The number of hydrogen-bond acceptors (Lipinski definition) is 3. The molecule has 0 saturated carbocycles. The highest BCUT2D eigenvalue weighted by Gasteiger charge is 2.20. The Balaban J connectivity index is 1.91. The Hall–Kier alpha value is -2.66. The molecule has 0 radical (unpaired) electrons. The van der Waals surface area contributed by atoms with Crippen molar-refractivity contribution in [1.29, 1.82) is 0 Å². The Morgan fingerprint density at radius 2 is 2.00 bits per heavy atom. The number of para-hydroxylation sites is 1. The molecule has 2 N–H and O–H groups in total. The Labute approximate surface area is 125 Å². The van der Waals surface area contributed by atoms with Crippen molar-refractivity contribution in [3.05, 3.63) is 65.6 Å². The summed E-state index contributed by atoms with van der Waals surface area (Å²) in [6.07, 6.45) is 3.79. The molecule has 4 aromatic rings. The fraction of sp³-hybridized carbons (Fsp3) is 0. The zero-order chi connectivity index (χ0) is 14.1. The molecule has 102 valence electrons. The summed E-state index contributed by atoms with van der Waals surface area (Å²) < 4.78 is 2.03. The predicted octanol–water partition coefficient (Wildman–Crippen LogP) is 3.62. The first kappa shape index (κ1) is 12.1. The normalized spacial score (nSPS) is 10.9. The van der Waals surface area contributed by atoms with Crippen LogP contribution in [0.15, 0.2) is 65.6 Å². The molecule has 1 aromatic carbocycles. The van der Waals surface area contributed by atoms with Gasteiger partial charge < -0.3 is 0 Å². The third kappa shape index (κ3) is 2.17. The minimum atomic E-state index is 0.817. The van der Waals surface area contributed by atoms with Crippen molar-refractivity contribution >= 4 is 28.6 Å². The summed E-state index contributed by atoms with van der Waals surface area (Å²) in [4.78, 5) is 7.77. The standard InChI is InChI=1S/C16H12N4S/c1-2-5-13(6-3-1)18-15-14(12-7-10-21-11-12)19-16-17-8-4-9-20(15)16/h1-11,18H/p+1. The van der Waals surface area contributed by atoms with Gasteiger partial charge in [0.2, 0.25) is 5.82 Å². The van der Waals surface area contributed by atoms with Crippen molar-refractivity contribution in [2.75, 3.05) is 5.32 Å². The summed E-state index contributed by atoms with van der Waals surface area (Å²) in [5, 5.41) is 7.68. The molecule has 4 nitrogen and oxygen atoms in total. The van der Waals surface area contributed by atoms with Crippen molar-refractivity contribution in [2.45, 2.75) is 0 Å². The maximum atomic E-state index is 4.38. The fourth-order valence-corrected chi connectivity index (χ4v) is 2.98. The van der Waals surface area contributed by atoms with E-state index in [9.17, 15) is 0 Å². The zero-order valence-electron chi connectivity index (χ0n) is 11.2. The number of nitrogens with zero attached hydrogens (tertiary/aromatic N) is 2. The average Bonchev–Trinajstić information content (AvgIpc) is 3.16. The molecule has 5 heteroatoms. The number of nitrogens with one attached hydrogen (secondary N) is 2. The highest BCUT2D eigenvalue weighted by molar-refractivity contribution is 7.08. The van der Waals surface area contributed by atoms with Gasteiger partial charge in [-0.3, -0.25) is 10.3 Å². The van der Waals surface area contributed by atoms with E-state index in [0.717, 1.165) is 28.5 Å². The van der Waals surface area contributed by atoms with Crippen LogP contribution in [0.4, 0.5) is 11.5 Å². The van der Waals surface area contributed by atoms with Gasteiger partial charge in [-0.05, 0) is 29.6 Å². The number of thiophene rings is 1. The molecule has 3 aromatic heterocycles. The molecule has 0 spiro atoms. The maximum Gasteiger partial charge on any atom is 0.356 e. The van der Waals surface area contributed by atoms with Gasteiger partial charge in [-0.15, -0.1) is 4.98 Å². The smallest absolute Gasteiger partial charge is 0.287 e. The Bertz CT molecular complexity index is 866. The van der Waals surface area contributed by atoms with Crippen molar-refractivity contribution in [3.63, 3.8) is 0 Å². The van der Waals surface area contributed by atoms with E-state index < -0.39 is 0 Å². The zero-order valence-corrected chi connectivity index (χ0v) is 12.0. The molecular formula is C16H13N4S+. The second-order valence-electron chi connectivity index (χ2n) is 4.66. The Morgan fingerprint density at radius 1 is 1.10 bits per heavy atom. The topological polar surface area (TPSA) is 44.8 Å². The van der Waals surface area contributed by atoms with Crippen LogP contribution in [0.3, 0.4) is 0 Å². The van der Waals surface area contributed by atoms with Gasteiger partial charge in [0.05, 0.1) is 18.1 Å². The molecule has 0 atom stereocenters. The van der Waals surface area contributed by atoms with Crippen molar-refractivity contribution in [3.8, 4) is 11.3 Å². The van der Waals surface area contributed by atoms with E-state index in [-0.39, 0.29) is 0 Å². The first-order valence-corrected chi connectivity index (χ1v) is 7.59. The second-order valence-corrected chi connectivity index (χ2v) is 5.44. The summed E-state index contributed by atoms with van der Waals surface area (Å²) in [6, 6.07) is 14.2. The minimum absolute atomic E-state index is 0.817. The van der Waals surface area contributed by atoms with Gasteiger partial charge in [0.1, 0.15) is 0 Å². The third-order valence-electron chi connectivity index (χ3n) is 3.31. The molecule has 0 amide bonds. The van der Waals surface area contributed by atoms with Gasteiger partial charge in [-0.1, -0.05) is 18.2 Å². The number of hydrogen-bond donors (Lipinski definition) is 2. The number of aromatic amines is 1. The van der Waals surface area contributed by atoms with Crippen molar-refractivity contribution < 1.29 is 4.40 Å². The van der Waals surface area contributed by atoms with Crippen LogP contribution in [-0.4, -0.2) is 9.97 Å². The van der Waals surface area contributed by atoms with Gasteiger partial charge in [0, 0.05) is 10.9 Å². The molecule has 0 aliphatic rings. The minimum Gasteiger partial charge on any atom is -0.287 e. The molecular weight excluding hydrogens is 280 g/mol. The van der Waals surface area contributed by atoms with Gasteiger partial charge in [-0.2, -0.15) is 15.7 Å². The molecule has 0 aliphatic carbocycles. The average molecular weight is 293 g/mol. The first-order chi connectivity index (χ1) is 10.4. The van der Waals surface area contributed by atoms with Gasteiger partial charge in [0.25, 0.3) is 0 Å². The van der Waals surface area contributed by atoms with E-state index in [0.29, 0.717) is 0 Å². The van der Waals surface area contributed by atoms with E-state index in [4.69, 9.17) is 0 Å². The first-order valence-electron chi connectivity index (χ1n) is 6.65. The molecule has 3 heterocycles. The summed E-state index contributed by atoms with van der Waals surface area (Å²) in [7, 11) is 0. The lowest BCUT2D eigenvalue weighted by Crippen LogP contribution is -2.23. The SMILES string of the molecule is c1ccc(Nc2c(-c3ccsc3)[nH]c3nccc[n+]23)cc1. The van der Waals surface area contributed by atoms with Gasteiger partial charge >= 0.3 is 5.78 Å². The van der Waals surface area contributed by atoms with E-state index in [1.165, 1.54) is 0 Å². The number of aromatic nitrogens is 3. The molecule has 4 rings (SSSR count). The van der Waals surface area contributed by atoms with Crippen molar-refractivity contribution in [1.82, 2.24) is 9.97 Å². The lowest BCUT2D eigenvalue weighted by atomic mass is 10.2. The van der Waals surface area contributed by atoms with Gasteiger partial charge in [-0.25, -0.2) is 0 Å². The second kappa shape index (κ2) is 5.03. The number of fused-ring (bicyclic) bond motifs is 1. The number of benzene rings is 1. The van der Waals surface area contributed by atoms with E-state index >= 15 is 0 Å². The number of anilines is 2. The Morgan fingerprint density at radius 3 is 2.81 bits per heavy atom. The lowest BCUT2D eigenvalue weighted by molar-refractivity contribution is -0.496. The monoisotopic (exact) mass is 293 g/mol. The molecule has 0 saturated heterocycles.